The number of hydrogen-bond acceptors (Lipinski definition) is 2. The summed E-state index contributed by atoms with van der Waals surface area (Å²) >= 11 is 0. The van der Waals surface area contributed by atoms with Crippen LogP contribution in [0.5, 0.6) is 0 Å². The van der Waals surface area contributed by atoms with Crippen LogP contribution in [0.2, 0.25) is 0 Å². The van der Waals surface area contributed by atoms with Gasteiger partial charge in [-0.1, -0.05) is 39.0 Å². The molecular formula is C22H26FN3O. The normalized spacial score (nSPS) is 11.3. The SMILES string of the molecule is CCCn1c(CN(CC(C)C)C(=O)c2ccccc2)nc2cc(F)ccc21. The van der Waals surface area contributed by atoms with E-state index < -0.39 is 0 Å². The lowest BCUT2D eigenvalue weighted by Crippen LogP contribution is -2.34. The van der Waals surface area contributed by atoms with Crippen LogP contribution >= 0.6 is 0 Å². The minimum absolute atomic E-state index is 0.00872. The average Bonchev–Trinajstić information content (AvgIpc) is 2.97. The van der Waals surface area contributed by atoms with Crippen molar-refractivity contribution in [2.45, 2.75) is 40.3 Å². The molecule has 5 heteroatoms. The molecule has 0 unspecified atom stereocenters. The van der Waals surface area contributed by atoms with Crippen molar-refractivity contribution < 1.29 is 9.18 Å². The average molecular weight is 367 g/mol. The highest BCUT2D eigenvalue weighted by atomic mass is 19.1. The van der Waals surface area contributed by atoms with Gasteiger partial charge >= 0.3 is 0 Å². The lowest BCUT2D eigenvalue weighted by molar-refractivity contribution is 0.0716. The van der Waals surface area contributed by atoms with Crippen LogP contribution in [-0.2, 0) is 13.1 Å². The zero-order valence-corrected chi connectivity index (χ0v) is 16.2. The van der Waals surface area contributed by atoms with E-state index in [-0.39, 0.29) is 11.7 Å². The summed E-state index contributed by atoms with van der Waals surface area (Å²) in [5.41, 5.74) is 2.21. The number of hydrogen-bond donors (Lipinski definition) is 0. The van der Waals surface area contributed by atoms with E-state index in [1.165, 1.54) is 12.1 Å². The Bertz CT molecular complexity index is 918. The molecule has 0 radical (unpaired) electrons. The molecule has 0 fully saturated rings. The quantitative estimate of drug-likeness (QED) is 0.597. The molecule has 27 heavy (non-hydrogen) atoms. The first-order valence-corrected chi connectivity index (χ1v) is 9.48. The summed E-state index contributed by atoms with van der Waals surface area (Å²) in [5, 5.41) is 0. The largest absolute Gasteiger partial charge is 0.331 e. The number of nitrogens with zero attached hydrogens (tertiary/aromatic N) is 3. The van der Waals surface area contributed by atoms with Gasteiger partial charge < -0.3 is 9.47 Å². The molecule has 142 valence electrons. The van der Waals surface area contributed by atoms with Crippen molar-refractivity contribution in [3.8, 4) is 0 Å². The number of rotatable bonds is 7. The Labute approximate surface area is 159 Å². The van der Waals surface area contributed by atoms with Gasteiger partial charge in [-0.2, -0.15) is 0 Å². The van der Waals surface area contributed by atoms with Gasteiger partial charge in [0.25, 0.3) is 5.91 Å². The molecular weight excluding hydrogens is 341 g/mol. The Morgan fingerprint density at radius 2 is 1.93 bits per heavy atom. The highest BCUT2D eigenvalue weighted by Crippen LogP contribution is 2.20. The second kappa shape index (κ2) is 8.33. The van der Waals surface area contributed by atoms with Crippen LogP contribution in [0.25, 0.3) is 11.0 Å². The number of fused-ring (bicyclic) bond motifs is 1. The number of halogens is 1. The van der Waals surface area contributed by atoms with Crippen LogP contribution in [0.3, 0.4) is 0 Å². The lowest BCUT2D eigenvalue weighted by atomic mass is 10.1. The van der Waals surface area contributed by atoms with Crippen LogP contribution in [0, 0.1) is 11.7 Å². The number of amides is 1. The molecule has 0 spiro atoms. The molecule has 0 aliphatic carbocycles. The predicted octanol–water partition coefficient (Wildman–Crippen LogP) is 4.88. The van der Waals surface area contributed by atoms with E-state index in [4.69, 9.17) is 0 Å². The number of aryl methyl sites for hydroxylation is 1. The first kappa shape index (κ1) is 19.1. The zero-order valence-electron chi connectivity index (χ0n) is 16.2. The predicted molar refractivity (Wildman–Crippen MR) is 106 cm³/mol. The minimum Gasteiger partial charge on any atom is -0.331 e. The monoisotopic (exact) mass is 367 g/mol. The second-order valence-corrected chi connectivity index (χ2v) is 7.26. The molecule has 2 aromatic carbocycles. The maximum absolute atomic E-state index is 13.6. The van der Waals surface area contributed by atoms with E-state index in [0.717, 1.165) is 24.3 Å². The third kappa shape index (κ3) is 4.35. The van der Waals surface area contributed by atoms with Crippen LogP contribution in [0.4, 0.5) is 4.39 Å². The highest BCUT2D eigenvalue weighted by molar-refractivity contribution is 5.94. The van der Waals surface area contributed by atoms with Gasteiger partial charge in [-0.15, -0.1) is 0 Å². The minimum atomic E-state index is -0.297. The van der Waals surface area contributed by atoms with Crippen LogP contribution in [0.1, 0.15) is 43.4 Å². The van der Waals surface area contributed by atoms with Gasteiger partial charge in [-0.3, -0.25) is 4.79 Å². The third-order valence-corrected chi connectivity index (χ3v) is 4.46. The highest BCUT2D eigenvalue weighted by Gasteiger charge is 2.21. The van der Waals surface area contributed by atoms with Crippen LogP contribution in [-0.4, -0.2) is 26.9 Å². The van der Waals surface area contributed by atoms with Crippen molar-refractivity contribution in [1.29, 1.82) is 0 Å². The molecule has 1 heterocycles. The molecule has 4 nitrogen and oxygen atoms in total. The molecule has 0 aliphatic heterocycles. The van der Waals surface area contributed by atoms with Gasteiger partial charge in [-0.05, 0) is 36.6 Å². The van der Waals surface area contributed by atoms with Crippen molar-refractivity contribution in [3.05, 3.63) is 65.7 Å². The molecule has 3 rings (SSSR count). The summed E-state index contributed by atoms with van der Waals surface area (Å²) in [6.07, 6.45) is 0.937. The number of imidazole rings is 1. The van der Waals surface area contributed by atoms with Gasteiger partial charge in [0.15, 0.2) is 0 Å². The van der Waals surface area contributed by atoms with E-state index in [1.54, 1.807) is 6.07 Å². The molecule has 0 saturated carbocycles. The van der Waals surface area contributed by atoms with Crippen LogP contribution in [0.15, 0.2) is 48.5 Å². The maximum atomic E-state index is 13.6. The topological polar surface area (TPSA) is 38.1 Å². The fourth-order valence-corrected chi connectivity index (χ4v) is 3.34. The summed E-state index contributed by atoms with van der Waals surface area (Å²) in [7, 11) is 0. The Morgan fingerprint density at radius 1 is 1.19 bits per heavy atom. The lowest BCUT2D eigenvalue weighted by Gasteiger charge is -2.25. The summed E-state index contributed by atoms with van der Waals surface area (Å²) in [6, 6.07) is 14.0. The number of aromatic nitrogens is 2. The summed E-state index contributed by atoms with van der Waals surface area (Å²) in [6.45, 7) is 8.11. The van der Waals surface area contributed by atoms with E-state index >= 15 is 0 Å². The van der Waals surface area contributed by atoms with E-state index in [9.17, 15) is 9.18 Å². The fourth-order valence-electron chi connectivity index (χ4n) is 3.34. The first-order valence-electron chi connectivity index (χ1n) is 9.48. The standard InChI is InChI=1S/C22H26FN3O/c1-4-12-26-20-11-10-18(23)13-19(20)24-21(26)15-25(14-16(2)3)22(27)17-8-6-5-7-9-17/h5-11,13,16H,4,12,14-15H2,1-3H3. The van der Waals surface area contributed by atoms with E-state index in [2.05, 4.69) is 30.3 Å². The first-order chi connectivity index (χ1) is 13.0. The number of carbonyl (C=O) groups is 1. The van der Waals surface area contributed by atoms with Crippen LogP contribution < -0.4 is 0 Å². The Balaban J connectivity index is 1.97. The Kier molecular flexibility index (Phi) is 5.89. The van der Waals surface area contributed by atoms with E-state index in [0.29, 0.717) is 30.1 Å². The molecule has 0 bridgehead atoms. The molecule has 0 aliphatic rings. The van der Waals surface area contributed by atoms with Gasteiger partial charge in [0, 0.05) is 24.7 Å². The van der Waals surface area contributed by atoms with Crippen molar-refractivity contribution >= 4 is 16.9 Å². The zero-order chi connectivity index (χ0) is 19.4. The molecule has 0 saturated heterocycles. The van der Waals surface area contributed by atoms with Crippen molar-refractivity contribution in [1.82, 2.24) is 14.5 Å². The number of benzene rings is 2. The van der Waals surface area contributed by atoms with Gasteiger partial charge in [-0.25, -0.2) is 9.37 Å². The van der Waals surface area contributed by atoms with Crippen molar-refractivity contribution in [2.24, 2.45) is 5.92 Å². The molecule has 1 aromatic heterocycles. The second-order valence-electron chi connectivity index (χ2n) is 7.26. The molecule has 0 N–H and O–H groups in total. The molecule has 0 atom stereocenters. The maximum Gasteiger partial charge on any atom is 0.254 e. The fraction of sp³-hybridized carbons (Fsp3) is 0.364. The smallest absolute Gasteiger partial charge is 0.254 e. The van der Waals surface area contributed by atoms with Crippen molar-refractivity contribution in [3.63, 3.8) is 0 Å². The van der Waals surface area contributed by atoms with Crippen molar-refractivity contribution in [2.75, 3.05) is 6.54 Å². The van der Waals surface area contributed by atoms with Gasteiger partial charge in [0.1, 0.15) is 11.6 Å². The number of carbonyl (C=O) groups excluding carboxylic acids is 1. The van der Waals surface area contributed by atoms with Gasteiger partial charge in [0.05, 0.1) is 17.6 Å². The third-order valence-electron chi connectivity index (χ3n) is 4.46. The Morgan fingerprint density at radius 3 is 2.59 bits per heavy atom. The molecule has 1 amide bonds. The summed E-state index contributed by atoms with van der Waals surface area (Å²) < 4.78 is 15.7. The Hall–Kier alpha value is -2.69. The molecule has 3 aromatic rings. The van der Waals surface area contributed by atoms with E-state index in [1.807, 2.05) is 35.2 Å². The summed E-state index contributed by atoms with van der Waals surface area (Å²) in [5.74, 6) is 0.821. The summed E-state index contributed by atoms with van der Waals surface area (Å²) in [4.78, 5) is 19.5. The van der Waals surface area contributed by atoms with Gasteiger partial charge in [0.2, 0.25) is 0 Å².